The number of rotatable bonds is 3. The van der Waals surface area contributed by atoms with Gasteiger partial charge in [0.25, 0.3) is 0 Å². The lowest BCUT2D eigenvalue weighted by molar-refractivity contribution is -0.140. The molecule has 0 unspecified atom stereocenters. The summed E-state index contributed by atoms with van der Waals surface area (Å²) in [5.74, 6) is -0.217. The molecule has 56 valence electrons. The summed E-state index contributed by atoms with van der Waals surface area (Å²) in [5.41, 5.74) is 0.895. The zero-order chi connectivity index (χ0) is 7.40. The molecule has 0 N–H and O–H groups in total. The first kappa shape index (κ1) is 7.25. The molecule has 0 fully saturated rings. The molecular formula is C7H11NO2. The van der Waals surface area contributed by atoms with E-state index in [9.17, 15) is 4.79 Å². The van der Waals surface area contributed by atoms with Gasteiger partial charge in [0.05, 0.1) is 12.1 Å². The minimum Gasteiger partial charge on any atom is -0.318 e. The third kappa shape index (κ3) is 1.83. The molecule has 0 atom stereocenters. The fourth-order valence-electron chi connectivity index (χ4n) is 0.861. The Morgan fingerprint density at radius 3 is 3.00 bits per heavy atom. The average Bonchev–Trinajstić information content (AvgIpc) is 2.31. The summed E-state index contributed by atoms with van der Waals surface area (Å²) in [6.45, 7) is 2.11. The Morgan fingerprint density at radius 2 is 2.50 bits per heavy atom. The molecule has 3 heteroatoms. The van der Waals surface area contributed by atoms with E-state index >= 15 is 0 Å². The smallest absolute Gasteiger partial charge is 0.318 e. The van der Waals surface area contributed by atoms with Crippen LogP contribution in [0.2, 0.25) is 0 Å². The number of nitrogens with zero attached hydrogens (tertiary/aromatic N) is 1. The minimum atomic E-state index is -0.217. The van der Waals surface area contributed by atoms with E-state index in [2.05, 4.69) is 16.9 Å². The molecule has 0 saturated heterocycles. The van der Waals surface area contributed by atoms with Crippen molar-refractivity contribution in [2.24, 2.45) is 5.16 Å². The Morgan fingerprint density at radius 1 is 1.70 bits per heavy atom. The highest BCUT2D eigenvalue weighted by Gasteiger charge is 2.15. The lowest BCUT2D eigenvalue weighted by Gasteiger charge is -1.90. The van der Waals surface area contributed by atoms with Crippen LogP contribution >= 0.6 is 0 Å². The number of oxime groups is 1. The molecule has 0 saturated carbocycles. The molecule has 10 heavy (non-hydrogen) atoms. The highest BCUT2D eigenvalue weighted by Crippen LogP contribution is 2.08. The zero-order valence-corrected chi connectivity index (χ0v) is 6.09. The molecule has 1 rings (SSSR count). The summed E-state index contributed by atoms with van der Waals surface area (Å²) in [6, 6.07) is 0. The van der Waals surface area contributed by atoms with Crippen molar-refractivity contribution in [1.82, 2.24) is 0 Å². The van der Waals surface area contributed by atoms with Gasteiger partial charge in [-0.25, -0.2) is 4.79 Å². The van der Waals surface area contributed by atoms with Gasteiger partial charge in [-0.1, -0.05) is 18.5 Å². The maximum Gasteiger partial charge on any atom is 0.340 e. The predicted molar refractivity (Wildman–Crippen MR) is 37.7 cm³/mol. The molecule has 0 spiro atoms. The van der Waals surface area contributed by atoms with E-state index < -0.39 is 0 Å². The molecule has 0 aliphatic carbocycles. The summed E-state index contributed by atoms with van der Waals surface area (Å²) in [4.78, 5) is 14.9. The second-order valence-electron chi connectivity index (χ2n) is 2.40. The van der Waals surface area contributed by atoms with Crippen molar-refractivity contribution in [3.05, 3.63) is 0 Å². The topological polar surface area (TPSA) is 38.7 Å². The third-order valence-corrected chi connectivity index (χ3v) is 1.44. The van der Waals surface area contributed by atoms with Gasteiger partial charge in [0.2, 0.25) is 0 Å². The van der Waals surface area contributed by atoms with Crippen molar-refractivity contribution in [3.8, 4) is 0 Å². The maximum atomic E-state index is 10.5. The van der Waals surface area contributed by atoms with E-state index in [0.717, 1.165) is 25.0 Å². The van der Waals surface area contributed by atoms with Gasteiger partial charge in [-0.3, -0.25) is 0 Å². The van der Waals surface area contributed by atoms with Crippen LogP contribution in [-0.2, 0) is 9.63 Å². The van der Waals surface area contributed by atoms with E-state index in [4.69, 9.17) is 0 Å². The number of carbonyl (C=O) groups excluding carboxylic acids is 1. The largest absolute Gasteiger partial charge is 0.340 e. The third-order valence-electron chi connectivity index (χ3n) is 1.44. The first-order chi connectivity index (χ1) is 4.83. The zero-order valence-electron chi connectivity index (χ0n) is 6.09. The molecule has 1 aliphatic rings. The predicted octanol–water partition coefficient (Wildman–Crippen LogP) is 1.48. The van der Waals surface area contributed by atoms with Crippen molar-refractivity contribution < 1.29 is 9.63 Å². The number of unbranched alkanes of at least 4 members (excludes halogenated alkanes) is 1. The van der Waals surface area contributed by atoms with Gasteiger partial charge in [-0.15, -0.1) is 0 Å². The van der Waals surface area contributed by atoms with Crippen molar-refractivity contribution in [2.45, 2.75) is 32.6 Å². The number of carbonyl (C=O) groups is 1. The van der Waals surface area contributed by atoms with E-state index in [1.165, 1.54) is 0 Å². The fourth-order valence-corrected chi connectivity index (χ4v) is 0.861. The van der Waals surface area contributed by atoms with Crippen molar-refractivity contribution >= 4 is 11.7 Å². The van der Waals surface area contributed by atoms with Crippen LogP contribution in [0, 0.1) is 0 Å². The van der Waals surface area contributed by atoms with Crippen molar-refractivity contribution in [2.75, 3.05) is 0 Å². The molecule has 1 heterocycles. The Labute approximate surface area is 60.0 Å². The Kier molecular flexibility index (Phi) is 2.42. The monoisotopic (exact) mass is 141 g/mol. The Balaban J connectivity index is 2.23. The molecule has 0 amide bonds. The molecule has 0 aromatic heterocycles. The first-order valence-electron chi connectivity index (χ1n) is 3.58. The van der Waals surface area contributed by atoms with Crippen LogP contribution in [-0.4, -0.2) is 11.7 Å². The van der Waals surface area contributed by atoms with Gasteiger partial charge < -0.3 is 4.84 Å². The van der Waals surface area contributed by atoms with Gasteiger partial charge in [0.1, 0.15) is 0 Å². The van der Waals surface area contributed by atoms with Crippen molar-refractivity contribution in [3.63, 3.8) is 0 Å². The minimum absolute atomic E-state index is 0.217. The average molecular weight is 141 g/mol. The number of hydrogen-bond donors (Lipinski definition) is 0. The summed E-state index contributed by atoms with van der Waals surface area (Å²) in [5, 5.41) is 3.62. The van der Waals surface area contributed by atoms with E-state index in [0.29, 0.717) is 6.42 Å². The van der Waals surface area contributed by atoms with E-state index in [1.54, 1.807) is 0 Å². The van der Waals surface area contributed by atoms with Crippen LogP contribution < -0.4 is 0 Å². The van der Waals surface area contributed by atoms with Gasteiger partial charge in [-0.05, 0) is 12.8 Å². The normalized spacial score (nSPS) is 16.9. The Bertz CT molecular complexity index is 163. The molecule has 0 radical (unpaired) electrons. The fraction of sp³-hybridized carbons (Fsp3) is 0.714. The second kappa shape index (κ2) is 3.34. The van der Waals surface area contributed by atoms with Gasteiger partial charge in [0.15, 0.2) is 0 Å². The van der Waals surface area contributed by atoms with Crippen molar-refractivity contribution in [1.29, 1.82) is 0 Å². The molecule has 0 bridgehead atoms. The highest BCUT2D eigenvalue weighted by molar-refractivity contribution is 6.01. The summed E-state index contributed by atoms with van der Waals surface area (Å²) in [6.07, 6.45) is 3.53. The molecule has 3 nitrogen and oxygen atoms in total. The number of hydrogen-bond acceptors (Lipinski definition) is 3. The molecule has 0 aromatic carbocycles. The SMILES string of the molecule is CCCCC1=NOC(=O)C1. The van der Waals surface area contributed by atoms with Gasteiger partial charge in [-0.2, -0.15) is 0 Å². The quantitative estimate of drug-likeness (QED) is 0.558. The van der Waals surface area contributed by atoms with Crippen LogP contribution in [0.15, 0.2) is 5.16 Å². The Hall–Kier alpha value is -0.860. The molecule has 1 aliphatic heterocycles. The van der Waals surface area contributed by atoms with Gasteiger partial charge >= 0.3 is 5.97 Å². The second-order valence-corrected chi connectivity index (χ2v) is 2.40. The lowest BCUT2D eigenvalue weighted by Crippen LogP contribution is -1.97. The van der Waals surface area contributed by atoms with Gasteiger partial charge in [0, 0.05) is 0 Å². The molecule has 0 aromatic rings. The van der Waals surface area contributed by atoms with Crippen LogP contribution in [0.3, 0.4) is 0 Å². The summed E-state index contributed by atoms with van der Waals surface area (Å²) < 4.78 is 0. The summed E-state index contributed by atoms with van der Waals surface area (Å²) in [7, 11) is 0. The van der Waals surface area contributed by atoms with E-state index in [-0.39, 0.29) is 5.97 Å². The first-order valence-corrected chi connectivity index (χ1v) is 3.58. The van der Waals surface area contributed by atoms with Crippen LogP contribution in [0.5, 0.6) is 0 Å². The molecular weight excluding hydrogens is 130 g/mol. The maximum absolute atomic E-state index is 10.5. The summed E-state index contributed by atoms with van der Waals surface area (Å²) >= 11 is 0. The highest BCUT2D eigenvalue weighted by atomic mass is 16.7. The lowest BCUT2D eigenvalue weighted by atomic mass is 10.1. The van der Waals surface area contributed by atoms with Crippen LogP contribution in [0.1, 0.15) is 32.6 Å². The van der Waals surface area contributed by atoms with Crippen LogP contribution in [0.25, 0.3) is 0 Å². The standard InChI is InChI=1S/C7H11NO2/c1-2-3-4-6-5-7(9)10-8-6/h2-5H2,1H3. The van der Waals surface area contributed by atoms with Crippen LogP contribution in [0.4, 0.5) is 0 Å². The van der Waals surface area contributed by atoms with E-state index in [1.807, 2.05) is 0 Å².